The molecule has 1 amide bonds. The molecular formula is C13H20N2O3. The number of rotatable bonds is 1. The highest BCUT2D eigenvalue weighted by Gasteiger charge is 2.32. The minimum absolute atomic E-state index is 0.186. The van der Waals surface area contributed by atoms with E-state index in [0.29, 0.717) is 13.1 Å². The average Bonchev–Trinajstić information content (AvgIpc) is 2.82. The van der Waals surface area contributed by atoms with Gasteiger partial charge >= 0.3 is 6.09 Å². The number of oxazole rings is 1. The second kappa shape index (κ2) is 4.63. The fourth-order valence-corrected chi connectivity index (χ4v) is 2.02. The van der Waals surface area contributed by atoms with Crippen LogP contribution < -0.4 is 0 Å². The third-order valence-electron chi connectivity index (χ3n) is 2.83. The van der Waals surface area contributed by atoms with E-state index in [1.165, 1.54) is 0 Å². The number of likely N-dealkylation sites (tertiary alicyclic amines) is 1. The Morgan fingerprint density at radius 2 is 2.28 bits per heavy atom. The first-order valence-corrected chi connectivity index (χ1v) is 6.25. The quantitative estimate of drug-likeness (QED) is 0.771. The molecule has 1 atom stereocenters. The monoisotopic (exact) mass is 252 g/mol. The van der Waals surface area contributed by atoms with E-state index in [-0.39, 0.29) is 12.0 Å². The van der Waals surface area contributed by atoms with Crippen molar-refractivity contribution >= 4 is 6.09 Å². The summed E-state index contributed by atoms with van der Waals surface area (Å²) in [5.41, 5.74) is -0.450. The van der Waals surface area contributed by atoms with Crippen LogP contribution in [-0.4, -0.2) is 34.7 Å². The standard InChI is InChI=1S/C13H20N2O3/c1-9-7-14-11(17-9)10-5-6-15(8-10)12(16)18-13(2,3)4/h7,10H,5-6,8H2,1-4H3/t10-/m0/s1. The summed E-state index contributed by atoms with van der Waals surface area (Å²) in [4.78, 5) is 17.8. The van der Waals surface area contributed by atoms with Crippen LogP contribution in [0.1, 0.15) is 44.8 Å². The zero-order chi connectivity index (χ0) is 13.3. The van der Waals surface area contributed by atoms with Gasteiger partial charge in [-0.1, -0.05) is 0 Å². The van der Waals surface area contributed by atoms with E-state index >= 15 is 0 Å². The molecule has 0 saturated carbocycles. The van der Waals surface area contributed by atoms with Gasteiger partial charge in [-0.2, -0.15) is 0 Å². The van der Waals surface area contributed by atoms with Gasteiger partial charge in [-0.15, -0.1) is 0 Å². The number of ether oxygens (including phenoxy) is 1. The number of carbonyl (C=O) groups excluding carboxylic acids is 1. The van der Waals surface area contributed by atoms with Crippen molar-refractivity contribution in [3.63, 3.8) is 0 Å². The molecule has 18 heavy (non-hydrogen) atoms. The molecule has 0 aliphatic carbocycles. The van der Waals surface area contributed by atoms with Crippen molar-refractivity contribution < 1.29 is 13.9 Å². The lowest BCUT2D eigenvalue weighted by Gasteiger charge is -2.24. The molecule has 2 rings (SSSR count). The summed E-state index contributed by atoms with van der Waals surface area (Å²) in [6.45, 7) is 8.80. The molecule has 5 nitrogen and oxygen atoms in total. The van der Waals surface area contributed by atoms with Gasteiger partial charge < -0.3 is 14.1 Å². The van der Waals surface area contributed by atoms with E-state index in [2.05, 4.69) is 4.98 Å². The van der Waals surface area contributed by atoms with Gasteiger partial charge in [-0.05, 0) is 34.1 Å². The summed E-state index contributed by atoms with van der Waals surface area (Å²) in [6.07, 6.45) is 2.33. The predicted molar refractivity (Wildman–Crippen MR) is 66.4 cm³/mol. The maximum Gasteiger partial charge on any atom is 0.410 e. The maximum absolute atomic E-state index is 11.9. The Kier molecular flexibility index (Phi) is 3.32. The van der Waals surface area contributed by atoms with E-state index < -0.39 is 5.60 Å². The third kappa shape index (κ3) is 3.03. The minimum Gasteiger partial charge on any atom is -0.446 e. The van der Waals surface area contributed by atoms with Gasteiger partial charge in [-0.25, -0.2) is 9.78 Å². The molecule has 0 aromatic carbocycles. The maximum atomic E-state index is 11.9. The van der Waals surface area contributed by atoms with Crippen molar-refractivity contribution in [3.05, 3.63) is 17.8 Å². The van der Waals surface area contributed by atoms with E-state index in [1.807, 2.05) is 27.7 Å². The number of aromatic nitrogens is 1. The molecule has 2 heterocycles. The lowest BCUT2D eigenvalue weighted by Crippen LogP contribution is -2.35. The molecule has 1 aliphatic rings. The first-order chi connectivity index (χ1) is 8.35. The largest absolute Gasteiger partial charge is 0.446 e. The number of aryl methyl sites for hydroxylation is 1. The van der Waals surface area contributed by atoms with Gasteiger partial charge in [0.1, 0.15) is 11.4 Å². The number of amides is 1. The first-order valence-electron chi connectivity index (χ1n) is 6.25. The number of hydrogen-bond acceptors (Lipinski definition) is 4. The highest BCUT2D eigenvalue weighted by Crippen LogP contribution is 2.27. The van der Waals surface area contributed by atoms with Gasteiger partial charge in [0.15, 0.2) is 5.89 Å². The van der Waals surface area contributed by atoms with Crippen LogP contribution in [0.5, 0.6) is 0 Å². The fourth-order valence-electron chi connectivity index (χ4n) is 2.02. The van der Waals surface area contributed by atoms with Crippen molar-refractivity contribution in [1.29, 1.82) is 0 Å². The second-order valence-corrected chi connectivity index (χ2v) is 5.72. The number of hydrogen-bond donors (Lipinski definition) is 0. The van der Waals surface area contributed by atoms with Crippen LogP contribution in [0.3, 0.4) is 0 Å². The Balaban J connectivity index is 1.94. The number of nitrogens with zero attached hydrogens (tertiary/aromatic N) is 2. The van der Waals surface area contributed by atoms with Crippen LogP contribution in [-0.2, 0) is 4.74 Å². The molecule has 100 valence electrons. The normalized spacial score (nSPS) is 20.2. The summed E-state index contributed by atoms with van der Waals surface area (Å²) < 4.78 is 10.9. The molecule has 5 heteroatoms. The highest BCUT2D eigenvalue weighted by molar-refractivity contribution is 5.68. The first kappa shape index (κ1) is 12.9. The van der Waals surface area contributed by atoms with Gasteiger partial charge in [0.05, 0.1) is 12.1 Å². The van der Waals surface area contributed by atoms with Crippen LogP contribution >= 0.6 is 0 Å². The summed E-state index contributed by atoms with van der Waals surface area (Å²) in [5, 5.41) is 0. The number of carbonyl (C=O) groups is 1. The topological polar surface area (TPSA) is 55.6 Å². The van der Waals surface area contributed by atoms with Crippen molar-refractivity contribution in [2.75, 3.05) is 13.1 Å². The molecular weight excluding hydrogens is 232 g/mol. The smallest absolute Gasteiger partial charge is 0.410 e. The predicted octanol–water partition coefficient (Wildman–Crippen LogP) is 2.71. The van der Waals surface area contributed by atoms with Gasteiger partial charge in [0, 0.05) is 13.1 Å². The van der Waals surface area contributed by atoms with Crippen LogP contribution in [0.15, 0.2) is 10.6 Å². The van der Waals surface area contributed by atoms with Gasteiger partial charge in [0.25, 0.3) is 0 Å². The molecule has 1 aromatic rings. The summed E-state index contributed by atoms with van der Waals surface area (Å²) in [5.74, 6) is 1.71. The van der Waals surface area contributed by atoms with Crippen molar-refractivity contribution in [3.8, 4) is 0 Å². The zero-order valence-corrected chi connectivity index (χ0v) is 11.4. The molecule has 0 spiro atoms. The molecule has 1 aliphatic heterocycles. The Bertz CT molecular complexity index is 434. The summed E-state index contributed by atoms with van der Waals surface area (Å²) in [6, 6.07) is 0. The molecule has 0 N–H and O–H groups in total. The van der Waals surface area contributed by atoms with E-state index in [0.717, 1.165) is 18.1 Å². The molecule has 0 bridgehead atoms. The van der Waals surface area contributed by atoms with E-state index in [9.17, 15) is 4.79 Å². The minimum atomic E-state index is -0.450. The highest BCUT2D eigenvalue weighted by atomic mass is 16.6. The molecule has 1 saturated heterocycles. The molecule has 1 fully saturated rings. The van der Waals surface area contributed by atoms with Crippen molar-refractivity contribution in [2.45, 2.75) is 45.6 Å². The van der Waals surface area contributed by atoms with Crippen LogP contribution in [0.25, 0.3) is 0 Å². The zero-order valence-electron chi connectivity index (χ0n) is 11.4. The van der Waals surface area contributed by atoms with Crippen molar-refractivity contribution in [2.24, 2.45) is 0 Å². The summed E-state index contributed by atoms with van der Waals surface area (Å²) >= 11 is 0. The fraction of sp³-hybridized carbons (Fsp3) is 0.692. The lowest BCUT2D eigenvalue weighted by atomic mass is 10.1. The molecule has 1 aromatic heterocycles. The molecule has 0 radical (unpaired) electrons. The second-order valence-electron chi connectivity index (χ2n) is 5.72. The van der Waals surface area contributed by atoms with E-state index in [4.69, 9.17) is 9.15 Å². The Hall–Kier alpha value is -1.52. The van der Waals surface area contributed by atoms with Crippen molar-refractivity contribution in [1.82, 2.24) is 9.88 Å². The van der Waals surface area contributed by atoms with E-state index in [1.54, 1.807) is 11.1 Å². The Morgan fingerprint density at radius 1 is 1.56 bits per heavy atom. The SMILES string of the molecule is Cc1cnc([C@H]2CCN(C(=O)OC(C)(C)C)C2)o1. The molecule has 0 unspecified atom stereocenters. The third-order valence-corrected chi connectivity index (χ3v) is 2.83. The van der Waals surface area contributed by atoms with Gasteiger partial charge in [0.2, 0.25) is 0 Å². The van der Waals surface area contributed by atoms with Gasteiger partial charge in [-0.3, -0.25) is 0 Å². The van der Waals surface area contributed by atoms with Crippen LogP contribution in [0.2, 0.25) is 0 Å². The Labute approximate surface area is 107 Å². The Morgan fingerprint density at radius 3 is 2.83 bits per heavy atom. The lowest BCUT2D eigenvalue weighted by molar-refractivity contribution is 0.0291. The van der Waals surface area contributed by atoms with Crippen LogP contribution in [0, 0.1) is 6.92 Å². The van der Waals surface area contributed by atoms with Crippen LogP contribution in [0.4, 0.5) is 4.79 Å². The summed E-state index contributed by atoms with van der Waals surface area (Å²) in [7, 11) is 0. The average molecular weight is 252 g/mol.